The van der Waals surface area contributed by atoms with Crippen molar-refractivity contribution in [3.05, 3.63) is 0 Å². The van der Waals surface area contributed by atoms with E-state index >= 15 is 0 Å². The molecule has 22 heavy (non-hydrogen) atoms. The van der Waals surface area contributed by atoms with Gasteiger partial charge in [0.2, 0.25) is 5.79 Å². The van der Waals surface area contributed by atoms with Crippen LogP contribution in [0, 0.1) is 0 Å². The molecule has 1 fully saturated rings. The molecule has 0 aromatic carbocycles. The summed E-state index contributed by atoms with van der Waals surface area (Å²) in [6.07, 6.45) is -0.498. The maximum atomic E-state index is 11.3. The van der Waals surface area contributed by atoms with Gasteiger partial charge in [-0.1, -0.05) is 0 Å². The monoisotopic (exact) mass is 315 g/mol. The highest BCUT2D eigenvalue weighted by Gasteiger charge is 2.74. The van der Waals surface area contributed by atoms with Crippen molar-refractivity contribution in [2.45, 2.75) is 30.0 Å². The van der Waals surface area contributed by atoms with E-state index in [1.165, 1.54) is 7.05 Å². The van der Waals surface area contributed by atoms with Crippen LogP contribution in [0.1, 0.15) is 6.42 Å². The second-order valence-corrected chi connectivity index (χ2v) is 5.63. The van der Waals surface area contributed by atoms with Gasteiger partial charge in [0.15, 0.2) is 6.04 Å². The summed E-state index contributed by atoms with van der Waals surface area (Å²) in [6.45, 7) is 0.311. The Morgan fingerprint density at radius 1 is 1.59 bits per heavy atom. The minimum absolute atomic E-state index is 0.0291. The third-order valence-electron chi connectivity index (χ3n) is 4.43. The number of nitrogens with zero attached hydrogens (tertiary/aromatic N) is 1. The van der Waals surface area contributed by atoms with E-state index in [0.717, 1.165) is 0 Å². The fourth-order valence-electron chi connectivity index (χ4n) is 3.46. The van der Waals surface area contributed by atoms with E-state index < -0.39 is 29.6 Å². The summed E-state index contributed by atoms with van der Waals surface area (Å²) >= 11 is 0. The molecule has 0 unspecified atom stereocenters. The topological polar surface area (TPSA) is 172 Å². The highest BCUT2D eigenvalue weighted by atomic mass is 16.5. The number of carbonyl (C=O) groups is 1. The zero-order valence-electron chi connectivity index (χ0n) is 12.1. The number of nitrogens with two attached hydrogens (primary N) is 2. The summed E-state index contributed by atoms with van der Waals surface area (Å²) in [6, 6.07) is -1.07. The van der Waals surface area contributed by atoms with Crippen LogP contribution in [0.2, 0.25) is 0 Å². The SMILES string of the molecule is CNC(=O)OC[C@@H]1NC(N)=[N+]2CCC(O)(O)[C@@]23NC(N)=[NH+][C@@H]13. The number of hydrogen-bond acceptors (Lipinski definition) is 8. The molecule has 11 heteroatoms. The van der Waals surface area contributed by atoms with Crippen molar-refractivity contribution in [1.82, 2.24) is 16.0 Å². The lowest BCUT2D eigenvalue weighted by Crippen LogP contribution is -2.91. The molecule has 1 saturated heterocycles. The Kier molecular flexibility index (Phi) is 3.07. The molecule has 0 aromatic rings. The van der Waals surface area contributed by atoms with Crippen LogP contribution in [-0.4, -0.2) is 76.5 Å². The number of carbonyl (C=O) groups excluding carboxylic acids is 1. The van der Waals surface area contributed by atoms with Gasteiger partial charge in [0.05, 0.1) is 6.54 Å². The van der Waals surface area contributed by atoms with Crippen molar-refractivity contribution in [2.75, 3.05) is 20.2 Å². The van der Waals surface area contributed by atoms with Crippen LogP contribution in [-0.2, 0) is 4.74 Å². The first kappa shape index (κ1) is 14.7. The van der Waals surface area contributed by atoms with Crippen molar-refractivity contribution in [3.8, 4) is 0 Å². The Morgan fingerprint density at radius 3 is 3.00 bits per heavy atom. The van der Waals surface area contributed by atoms with Gasteiger partial charge in [-0.2, -0.15) is 0 Å². The molecule has 0 saturated carbocycles. The van der Waals surface area contributed by atoms with Gasteiger partial charge >= 0.3 is 18.0 Å². The summed E-state index contributed by atoms with van der Waals surface area (Å²) < 4.78 is 6.68. The van der Waals surface area contributed by atoms with Crippen LogP contribution < -0.4 is 32.4 Å². The van der Waals surface area contributed by atoms with Gasteiger partial charge in [0.1, 0.15) is 12.6 Å². The fraction of sp³-hybridized carbons (Fsp3) is 0.727. The maximum absolute atomic E-state index is 11.3. The summed E-state index contributed by atoms with van der Waals surface area (Å²) in [7, 11) is 1.45. The van der Waals surface area contributed by atoms with Crippen molar-refractivity contribution < 1.29 is 29.3 Å². The van der Waals surface area contributed by atoms with Gasteiger partial charge in [-0.3, -0.25) is 21.8 Å². The van der Waals surface area contributed by atoms with Crippen LogP contribution in [0.3, 0.4) is 0 Å². The average molecular weight is 315 g/mol. The summed E-state index contributed by atoms with van der Waals surface area (Å²) in [5, 5.41) is 29.2. The number of guanidine groups is 2. The molecular formula is C11H21N7O4+2. The van der Waals surface area contributed by atoms with Crippen molar-refractivity contribution in [2.24, 2.45) is 11.5 Å². The number of alkyl carbamates (subject to hydrolysis) is 1. The first-order valence-electron chi connectivity index (χ1n) is 6.95. The van der Waals surface area contributed by atoms with Crippen molar-refractivity contribution >= 4 is 18.0 Å². The highest BCUT2D eigenvalue weighted by molar-refractivity contribution is 5.78. The van der Waals surface area contributed by atoms with E-state index in [4.69, 9.17) is 16.2 Å². The van der Waals surface area contributed by atoms with Gasteiger partial charge in [0, 0.05) is 13.5 Å². The van der Waals surface area contributed by atoms with Gasteiger partial charge in [-0.05, 0) is 0 Å². The Labute approximate surface area is 126 Å². The number of rotatable bonds is 2. The standard InChI is InChI=1S/C11H19N7O4/c1-14-9(19)22-4-5-6-11(17-7(12)16-6)10(20,21)2-3-18(11)8(13)15-5/h5-6,20-21H,2-4H2,1H3,(H6,12,13,14,15,16,17,19)/p+2/t5-,6-,11-/m0/s1. The molecule has 3 aliphatic rings. The third kappa shape index (κ3) is 1.78. The van der Waals surface area contributed by atoms with Crippen LogP contribution in [0.5, 0.6) is 0 Å². The molecule has 0 radical (unpaired) electrons. The molecule has 10 N–H and O–H groups in total. The molecule has 1 spiro atoms. The molecule has 0 bridgehead atoms. The van der Waals surface area contributed by atoms with Gasteiger partial charge in [0.25, 0.3) is 5.66 Å². The molecule has 1 amide bonds. The normalized spacial score (nSPS) is 35.0. The molecule has 3 heterocycles. The van der Waals surface area contributed by atoms with Crippen LogP contribution in [0.4, 0.5) is 4.79 Å². The molecular weight excluding hydrogens is 294 g/mol. The Morgan fingerprint density at radius 2 is 2.32 bits per heavy atom. The van der Waals surface area contributed by atoms with Crippen LogP contribution in [0.25, 0.3) is 0 Å². The summed E-state index contributed by atoms with van der Waals surface area (Å²) in [5.74, 6) is -1.59. The lowest BCUT2D eigenvalue weighted by molar-refractivity contribution is -0.674. The largest absolute Gasteiger partial charge is 0.446 e. The van der Waals surface area contributed by atoms with Gasteiger partial charge in [-0.25, -0.2) is 14.7 Å². The number of ether oxygens (including phenoxy) is 1. The van der Waals surface area contributed by atoms with Gasteiger partial charge in [-0.15, -0.1) is 0 Å². The number of aliphatic hydroxyl groups is 2. The number of hydrogen-bond donors (Lipinski definition) is 8. The lowest BCUT2D eigenvalue weighted by Gasteiger charge is -2.40. The van der Waals surface area contributed by atoms with Crippen molar-refractivity contribution in [1.29, 1.82) is 0 Å². The maximum Gasteiger partial charge on any atom is 0.406 e. The second-order valence-electron chi connectivity index (χ2n) is 5.63. The first-order chi connectivity index (χ1) is 10.3. The zero-order chi connectivity index (χ0) is 16.1. The zero-order valence-corrected chi connectivity index (χ0v) is 12.1. The Bertz CT molecular complexity index is 575. The van der Waals surface area contributed by atoms with Crippen molar-refractivity contribution in [3.63, 3.8) is 0 Å². The number of amides is 1. The summed E-state index contributed by atoms with van der Waals surface area (Å²) in [5.41, 5.74) is 10.5. The summed E-state index contributed by atoms with van der Waals surface area (Å²) in [4.78, 5) is 14.2. The third-order valence-corrected chi connectivity index (χ3v) is 4.43. The smallest absolute Gasteiger partial charge is 0.406 e. The van der Waals surface area contributed by atoms with E-state index in [-0.39, 0.29) is 24.9 Å². The highest BCUT2D eigenvalue weighted by Crippen LogP contribution is 2.36. The Balaban J connectivity index is 1.96. The molecule has 3 rings (SSSR count). The quantitative estimate of drug-likeness (QED) is 0.184. The van der Waals surface area contributed by atoms with E-state index in [9.17, 15) is 15.0 Å². The van der Waals surface area contributed by atoms with Gasteiger partial charge < -0.3 is 20.3 Å². The lowest BCUT2D eigenvalue weighted by atomic mass is 9.87. The minimum atomic E-state index is -2.05. The molecule has 122 valence electrons. The minimum Gasteiger partial charge on any atom is -0.446 e. The predicted octanol–water partition coefficient (Wildman–Crippen LogP) is -6.21. The Hall–Kier alpha value is -2.27. The first-order valence-corrected chi connectivity index (χ1v) is 6.95. The van der Waals surface area contributed by atoms with E-state index in [2.05, 4.69) is 20.9 Å². The van der Waals surface area contributed by atoms with E-state index in [1.54, 1.807) is 4.58 Å². The number of nitrogens with one attached hydrogen (secondary N) is 4. The molecule has 0 aliphatic carbocycles. The van der Waals surface area contributed by atoms with Crippen LogP contribution in [0.15, 0.2) is 0 Å². The molecule has 11 nitrogen and oxygen atoms in total. The molecule has 0 aromatic heterocycles. The molecule has 3 aliphatic heterocycles. The van der Waals surface area contributed by atoms with E-state index in [0.29, 0.717) is 6.54 Å². The molecule has 3 atom stereocenters. The van der Waals surface area contributed by atoms with Crippen LogP contribution >= 0.6 is 0 Å². The van der Waals surface area contributed by atoms with E-state index in [1.807, 2.05) is 0 Å². The predicted molar refractivity (Wildman–Crippen MR) is 73.3 cm³/mol. The fourth-order valence-corrected chi connectivity index (χ4v) is 3.46. The average Bonchev–Trinajstić information content (AvgIpc) is 2.94. The second kappa shape index (κ2) is 4.61.